The lowest BCUT2D eigenvalue weighted by atomic mass is 9.94. The van der Waals surface area contributed by atoms with Crippen LogP contribution < -0.4 is 0 Å². The van der Waals surface area contributed by atoms with E-state index in [1.807, 2.05) is 0 Å². The summed E-state index contributed by atoms with van der Waals surface area (Å²) in [5.41, 5.74) is 1.27. The van der Waals surface area contributed by atoms with E-state index in [1.165, 1.54) is 29.7 Å². The standard InChI is InChI=1S/C17H26OS/c1-4-6-7-15(5-2)12-16(18)13-19-17-10-8-14(3)9-11-17/h8-11,15H,4-7,12-13H2,1-3H3. The molecule has 1 aromatic rings. The second-order valence-electron chi connectivity index (χ2n) is 5.26. The van der Waals surface area contributed by atoms with Crippen LogP contribution in [0.5, 0.6) is 0 Å². The summed E-state index contributed by atoms with van der Waals surface area (Å²) in [5, 5.41) is 0. The summed E-state index contributed by atoms with van der Waals surface area (Å²) in [5.74, 6) is 1.60. The van der Waals surface area contributed by atoms with Crippen LogP contribution in [0.2, 0.25) is 0 Å². The van der Waals surface area contributed by atoms with Gasteiger partial charge in [0.15, 0.2) is 0 Å². The zero-order chi connectivity index (χ0) is 14.1. The Morgan fingerprint density at radius 1 is 1.21 bits per heavy atom. The van der Waals surface area contributed by atoms with Gasteiger partial charge in [0.2, 0.25) is 0 Å². The molecule has 0 saturated heterocycles. The third-order valence-corrected chi connectivity index (χ3v) is 4.55. The van der Waals surface area contributed by atoms with Crippen molar-refractivity contribution in [1.29, 1.82) is 0 Å². The Morgan fingerprint density at radius 2 is 1.89 bits per heavy atom. The monoisotopic (exact) mass is 278 g/mol. The fourth-order valence-electron chi connectivity index (χ4n) is 2.12. The number of benzene rings is 1. The van der Waals surface area contributed by atoms with Crippen LogP contribution in [0.1, 0.15) is 51.5 Å². The molecule has 0 saturated carbocycles. The molecule has 0 aromatic heterocycles. The predicted octanol–water partition coefficient (Wildman–Crippen LogP) is 5.26. The van der Waals surface area contributed by atoms with E-state index < -0.39 is 0 Å². The van der Waals surface area contributed by atoms with Crippen LogP contribution in [0.3, 0.4) is 0 Å². The van der Waals surface area contributed by atoms with Gasteiger partial charge in [-0.3, -0.25) is 4.79 Å². The van der Waals surface area contributed by atoms with Crippen molar-refractivity contribution in [2.24, 2.45) is 5.92 Å². The topological polar surface area (TPSA) is 17.1 Å². The number of hydrogen-bond donors (Lipinski definition) is 0. The van der Waals surface area contributed by atoms with E-state index in [2.05, 4.69) is 45.0 Å². The van der Waals surface area contributed by atoms with Crippen LogP contribution >= 0.6 is 11.8 Å². The highest BCUT2D eigenvalue weighted by Gasteiger charge is 2.12. The van der Waals surface area contributed by atoms with E-state index in [0.717, 1.165) is 12.8 Å². The highest BCUT2D eigenvalue weighted by molar-refractivity contribution is 8.00. The summed E-state index contributed by atoms with van der Waals surface area (Å²) in [7, 11) is 0. The molecule has 19 heavy (non-hydrogen) atoms. The zero-order valence-electron chi connectivity index (χ0n) is 12.4. The Balaban J connectivity index is 2.32. The van der Waals surface area contributed by atoms with Crippen molar-refractivity contribution in [3.63, 3.8) is 0 Å². The van der Waals surface area contributed by atoms with Gasteiger partial charge in [0.1, 0.15) is 5.78 Å². The lowest BCUT2D eigenvalue weighted by Gasteiger charge is -2.13. The number of carbonyl (C=O) groups excluding carboxylic acids is 1. The summed E-state index contributed by atoms with van der Waals surface area (Å²) in [6, 6.07) is 8.40. The SMILES string of the molecule is CCCCC(CC)CC(=O)CSc1ccc(C)cc1. The number of aryl methyl sites for hydroxylation is 1. The summed E-state index contributed by atoms with van der Waals surface area (Å²) in [6.07, 6.45) is 5.56. The molecule has 2 heteroatoms. The average Bonchev–Trinajstić information content (AvgIpc) is 2.42. The van der Waals surface area contributed by atoms with Crippen molar-refractivity contribution >= 4 is 17.5 Å². The lowest BCUT2D eigenvalue weighted by Crippen LogP contribution is -2.10. The maximum atomic E-state index is 12.0. The minimum Gasteiger partial charge on any atom is -0.299 e. The molecule has 0 heterocycles. The second kappa shape index (κ2) is 9.19. The highest BCUT2D eigenvalue weighted by Crippen LogP contribution is 2.22. The third-order valence-electron chi connectivity index (χ3n) is 3.48. The van der Waals surface area contributed by atoms with Crippen molar-refractivity contribution in [3.8, 4) is 0 Å². The van der Waals surface area contributed by atoms with Gasteiger partial charge in [0.25, 0.3) is 0 Å². The summed E-state index contributed by atoms with van der Waals surface area (Å²) in [6.45, 7) is 6.49. The first kappa shape index (κ1) is 16.3. The maximum absolute atomic E-state index is 12.0. The van der Waals surface area contributed by atoms with Gasteiger partial charge in [0, 0.05) is 11.3 Å². The smallest absolute Gasteiger partial charge is 0.143 e. The quantitative estimate of drug-likeness (QED) is 0.573. The van der Waals surface area contributed by atoms with Crippen LogP contribution in [0.25, 0.3) is 0 Å². The Bertz CT molecular complexity index is 369. The lowest BCUT2D eigenvalue weighted by molar-refractivity contribution is -0.117. The first-order valence-corrected chi connectivity index (χ1v) is 8.35. The summed E-state index contributed by atoms with van der Waals surface area (Å²) >= 11 is 1.66. The van der Waals surface area contributed by atoms with Crippen LogP contribution in [0, 0.1) is 12.8 Å². The highest BCUT2D eigenvalue weighted by atomic mass is 32.2. The minimum absolute atomic E-state index is 0.397. The number of carbonyl (C=O) groups is 1. The number of unbranched alkanes of at least 4 members (excludes halogenated alkanes) is 1. The predicted molar refractivity (Wildman–Crippen MR) is 84.8 cm³/mol. The Labute approximate surface area is 122 Å². The van der Waals surface area contributed by atoms with Gasteiger partial charge >= 0.3 is 0 Å². The van der Waals surface area contributed by atoms with Crippen molar-refractivity contribution < 1.29 is 4.79 Å². The van der Waals surface area contributed by atoms with Gasteiger partial charge in [0.05, 0.1) is 5.75 Å². The Hall–Kier alpha value is -0.760. The number of hydrogen-bond acceptors (Lipinski definition) is 2. The van der Waals surface area contributed by atoms with Gasteiger partial charge in [-0.1, -0.05) is 57.2 Å². The molecular formula is C17H26OS. The molecule has 0 bridgehead atoms. The fraction of sp³-hybridized carbons (Fsp3) is 0.588. The van der Waals surface area contributed by atoms with Gasteiger partial charge in [-0.05, 0) is 25.0 Å². The Morgan fingerprint density at radius 3 is 2.47 bits per heavy atom. The first-order valence-electron chi connectivity index (χ1n) is 7.36. The van der Waals surface area contributed by atoms with Crippen molar-refractivity contribution in [2.45, 2.75) is 57.8 Å². The number of Topliss-reactive ketones (excluding diaryl/α,β-unsaturated/α-hetero) is 1. The second-order valence-corrected chi connectivity index (χ2v) is 6.31. The van der Waals surface area contributed by atoms with E-state index in [-0.39, 0.29) is 0 Å². The van der Waals surface area contributed by atoms with E-state index in [4.69, 9.17) is 0 Å². The largest absolute Gasteiger partial charge is 0.299 e. The third kappa shape index (κ3) is 6.81. The van der Waals surface area contributed by atoms with Gasteiger partial charge in [-0.15, -0.1) is 11.8 Å². The molecule has 0 aliphatic rings. The van der Waals surface area contributed by atoms with Crippen molar-refractivity contribution in [3.05, 3.63) is 29.8 Å². The van der Waals surface area contributed by atoms with Crippen molar-refractivity contribution in [1.82, 2.24) is 0 Å². The van der Waals surface area contributed by atoms with Gasteiger partial charge in [-0.2, -0.15) is 0 Å². The molecule has 1 rings (SSSR count). The summed E-state index contributed by atoms with van der Waals surface area (Å²) < 4.78 is 0. The first-order chi connectivity index (χ1) is 9.15. The van der Waals surface area contributed by atoms with Gasteiger partial charge in [-0.25, -0.2) is 0 Å². The molecule has 0 spiro atoms. The molecular weight excluding hydrogens is 252 g/mol. The molecule has 0 aliphatic heterocycles. The molecule has 0 N–H and O–H groups in total. The summed E-state index contributed by atoms with van der Waals surface area (Å²) in [4.78, 5) is 13.2. The van der Waals surface area contributed by atoms with E-state index in [0.29, 0.717) is 17.5 Å². The molecule has 0 aliphatic carbocycles. The normalized spacial score (nSPS) is 12.4. The molecule has 1 unspecified atom stereocenters. The van der Waals surface area contributed by atoms with Crippen LogP contribution in [0.4, 0.5) is 0 Å². The van der Waals surface area contributed by atoms with Crippen molar-refractivity contribution in [2.75, 3.05) is 5.75 Å². The molecule has 0 radical (unpaired) electrons. The molecule has 0 fully saturated rings. The number of thioether (sulfide) groups is 1. The Kier molecular flexibility index (Phi) is 7.88. The fourth-order valence-corrected chi connectivity index (χ4v) is 2.90. The molecule has 0 amide bonds. The number of ketones is 1. The van der Waals surface area contributed by atoms with E-state index >= 15 is 0 Å². The maximum Gasteiger partial charge on any atom is 0.143 e. The molecule has 106 valence electrons. The van der Waals surface area contributed by atoms with Crippen LogP contribution in [-0.2, 0) is 4.79 Å². The van der Waals surface area contributed by atoms with Crippen LogP contribution in [0.15, 0.2) is 29.2 Å². The van der Waals surface area contributed by atoms with Crippen LogP contribution in [-0.4, -0.2) is 11.5 Å². The number of rotatable bonds is 9. The molecule has 1 aromatic carbocycles. The molecule has 1 atom stereocenters. The van der Waals surface area contributed by atoms with E-state index in [9.17, 15) is 4.79 Å². The zero-order valence-corrected chi connectivity index (χ0v) is 13.3. The minimum atomic E-state index is 0.397. The molecule has 1 nitrogen and oxygen atoms in total. The van der Waals surface area contributed by atoms with Gasteiger partial charge < -0.3 is 0 Å². The van der Waals surface area contributed by atoms with E-state index in [1.54, 1.807) is 11.8 Å². The average molecular weight is 278 g/mol.